The van der Waals surface area contributed by atoms with E-state index < -0.39 is 0 Å². The van der Waals surface area contributed by atoms with E-state index in [1.54, 1.807) is 10.9 Å². The summed E-state index contributed by atoms with van der Waals surface area (Å²) < 4.78 is 1.68. The van der Waals surface area contributed by atoms with Gasteiger partial charge in [-0.05, 0) is 0 Å². The number of nitrogens with two attached hydrogens (primary N) is 1. The summed E-state index contributed by atoms with van der Waals surface area (Å²) in [6.07, 6.45) is 8.64. The molecule has 0 amide bonds. The maximum atomic E-state index is 5.35. The summed E-state index contributed by atoms with van der Waals surface area (Å²) in [5.74, 6) is 2.48. The predicted octanol–water partition coefficient (Wildman–Crippen LogP) is 0.819. The van der Waals surface area contributed by atoms with Crippen molar-refractivity contribution in [3.63, 3.8) is 0 Å². The molecule has 5 heteroatoms. The highest BCUT2D eigenvalue weighted by atomic mass is 35.5. The maximum Gasteiger partial charge on any atom is 0.101 e. The van der Waals surface area contributed by atoms with Crippen LogP contribution in [0.1, 0.15) is 5.56 Å². The standard InChI is InChI=1S/C7H9N3.2ClH/c1-2-3-10-6-7(4-8)5-9-10;;/h1,5-6H,3-4,8H2;2*1H. The second-order valence-corrected chi connectivity index (χ2v) is 1.95. The van der Waals surface area contributed by atoms with Crippen molar-refractivity contribution in [3.05, 3.63) is 18.0 Å². The van der Waals surface area contributed by atoms with E-state index in [1.807, 2.05) is 6.20 Å². The van der Waals surface area contributed by atoms with Gasteiger partial charge in [-0.1, -0.05) is 5.92 Å². The topological polar surface area (TPSA) is 43.8 Å². The van der Waals surface area contributed by atoms with Gasteiger partial charge in [-0.25, -0.2) is 0 Å². The summed E-state index contributed by atoms with van der Waals surface area (Å²) in [6.45, 7) is 1.03. The highest BCUT2D eigenvalue weighted by Crippen LogP contribution is 1.93. The molecule has 1 rings (SSSR count). The first-order valence-corrected chi connectivity index (χ1v) is 3.01. The van der Waals surface area contributed by atoms with Crippen LogP contribution in [0.25, 0.3) is 0 Å². The Labute approximate surface area is 84.1 Å². The quantitative estimate of drug-likeness (QED) is 0.731. The Hall–Kier alpha value is -0.690. The van der Waals surface area contributed by atoms with Gasteiger partial charge in [0, 0.05) is 18.3 Å². The maximum absolute atomic E-state index is 5.35. The van der Waals surface area contributed by atoms with Crippen molar-refractivity contribution in [1.29, 1.82) is 0 Å². The molecule has 0 radical (unpaired) electrons. The third kappa shape index (κ3) is 3.63. The Morgan fingerprint density at radius 1 is 1.58 bits per heavy atom. The van der Waals surface area contributed by atoms with Crippen LogP contribution < -0.4 is 5.73 Å². The molecule has 0 aliphatic carbocycles. The van der Waals surface area contributed by atoms with Crippen molar-refractivity contribution in [2.24, 2.45) is 5.73 Å². The first-order chi connectivity index (χ1) is 4.86. The molecule has 12 heavy (non-hydrogen) atoms. The number of terminal acetylenes is 1. The van der Waals surface area contributed by atoms with Gasteiger partial charge < -0.3 is 5.73 Å². The van der Waals surface area contributed by atoms with Crippen LogP contribution >= 0.6 is 24.8 Å². The minimum Gasteiger partial charge on any atom is -0.326 e. The molecular weight excluding hydrogens is 197 g/mol. The monoisotopic (exact) mass is 207 g/mol. The third-order valence-corrected chi connectivity index (χ3v) is 1.18. The van der Waals surface area contributed by atoms with Crippen LogP contribution in [-0.4, -0.2) is 9.78 Å². The lowest BCUT2D eigenvalue weighted by Crippen LogP contribution is -1.96. The third-order valence-electron chi connectivity index (χ3n) is 1.18. The van der Waals surface area contributed by atoms with Crippen molar-refractivity contribution >= 4 is 24.8 Å². The van der Waals surface area contributed by atoms with Gasteiger partial charge in [-0.3, -0.25) is 4.68 Å². The van der Waals surface area contributed by atoms with Crippen molar-refractivity contribution in [2.75, 3.05) is 0 Å². The molecule has 68 valence electrons. The molecule has 1 heterocycles. The lowest BCUT2D eigenvalue weighted by molar-refractivity contribution is 0.715. The van der Waals surface area contributed by atoms with Crippen LogP contribution in [0.4, 0.5) is 0 Å². The molecule has 0 saturated heterocycles. The summed E-state index contributed by atoms with van der Waals surface area (Å²) in [4.78, 5) is 0. The predicted molar refractivity (Wildman–Crippen MR) is 53.4 cm³/mol. The van der Waals surface area contributed by atoms with Crippen LogP contribution in [0, 0.1) is 12.3 Å². The van der Waals surface area contributed by atoms with Crippen molar-refractivity contribution in [1.82, 2.24) is 9.78 Å². The van der Waals surface area contributed by atoms with Crippen LogP contribution in [-0.2, 0) is 13.1 Å². The molecule has 0 spiro atoms. The highest BCUT2D eigenvalue weighted by molar-refractivity contribution is 5.85. The molecule has 3 nitrogen and oxygen atoms in total. The van der Waals surface area contributed by atoms with Gasteiger partial charge in [-0.2, -0.15) is 5.10 Å². The fourth-order valence-electron chi connectivity index (χ4n) is 0.692. The Balaban J connectivity index is 0. The number of rotatable bonds is 2. The first kappa shape index (κ1) is 13.9. The van der Waals surface area contributed by atoms with Gasteiger partial charge in [0.25, 0.3) is 0 Å². The summed E-state index contributed by atoms with van der Waals surface area (Å²) in [5.41, 5.74) is 6.36. The number of hydrogen-bond donors (Lipinski definition) is 1. The van der Waals surface area contributed by atoms with E-state index in [4.69, 9.17) is 12.2 Å². The Morgan fingerprint density at radius 2 is 2.25 bits per heavy atom. The summed E-state index contributed by atoms with van der Waals surface area (Å²) >= 11 is 0. The average Bonchev–Trinajstić information content (AvgIpc) is 2.37. The van der Waals surface area contributed by atoms with Crippen molar-refractivity contribution < 1.29 is 0 Å². The van der Waals surface area contributed by atoms with Gasteiger partial charge in [0.2, 0.25) is 0 Å². The minimum atomic E-state index is 0. The molecule has 0 bridgehead atoms. The molecule has 0 aromatic carbocycles. The molecule has 0 unspecified atom stereocenters. The average molecular weight is 208 g/mol. The largest absolute Gasteiger partial charge is 0.326 e. The highest BCUT2D eigenvalue weighted by Gasteiger charge is 1.92. The van der Waals surface area contributed by atoms with E-state index >= 15 is 0 Å². The van der Waals surface area contributed by atoms with Crippen LogP contribution in [0.2, 0.25) is 0 Å². The Kier molecular flexibility index (Phi) is 8.07. The second kappa shape index (κ2) is 6.99. The molecule has 0 fully saturated rings. The van der Waals surface area contributed by atoms with Gasteiger partial charge >= 0.3 is 0 Å². The van der Waals surface area contributed by atoms with Gasteiger partial charge in [0.1, 0.15) is 6.54 Å². The van der Waals surface area contributed by atoms with Crippen LogP contribution in [0.5, 0.6) is 0 Å². The summed E-state index contributed by atoms with van der Waals surface area (Å²) in [7, 11) is 0. The van der Waals surface area contributed by atoms with E-state index in [-0.39, 0.29) is 24.8 Å². The second-order valence-electron chi connectivity index (χ2n) is 1.95. The van der Waals surface area contributed by atoms with Gasteiger partial charge in [-0.15, -0.1) is 31.2 Å². The number of nitrogens with zero attached hydrogens (tertiary/aromatic N) is 2. The van der Waals surface area contributed by atoms with E-state index in [1.165, 1.54) is 0 Å². The van der Waals surface area contributed by atoms with E-state index in [0.717, 1.165) is 5.56 Å². The summed E-state index contributed by atoms with van der Waals surface area (Å²) in [6, 6.07) is 0. The molecule has 0 atom stereocenters. The molecule has 1 aromatic rings. The van der Waals surface area contributed by atoms with Crippen LogP contribution in [0.15, 0.2) is 12.4 Å². The number of hydrogen-bond acceptors (Lipinski definition) is 2. The molecule has 0 saturated carbocycles. The lowest BCUT2D eigenvalue weighted by atomic mass is 10.4. The smallest absolute Gasteiger partial charge is 0.101 e. The number of halogens is 2. The van der Waals surface area contributed by atoms with E-state index in [2.05, 4.69) is 11.0 Å². The first-order valence-electron chi connectivity index (χ1n) is 3.01. The van der Waals surface area contributed by atoms with Crippen molar-refractivity contribution in [2.45, 2.75) is 13.1 Å². The zero-order valence-electron chi connectivity index (χ0n) is 6.43. The molecular formula is C7H11Cl2N3. The fraction of sp³-hybridized carbons (Fsp3) is 0.286. The lowest BCUT2D eigenvalue weighted by Gasteiger charge is -1.89. The zero-order valence-corrected chi connectivity index (χ0v) is 8.07. The minimum absolute atomic E-state index is 0. The molecule has 2 N–H and O–H groups in total. The fourth-order valence-corrected chi connectivity index (χ4v) is 0.692. The SMILES string of the molecule is C#CCn1cc(CN)cn1.Cl.Cl. The van der Waals surface area contributed by atoms with Gasteiger partial charge in [0.05, 0.1) is 6.20 Å². The number of aromatic nitrogens is 2. The molecule has 0 aliphatic rings. The Morgan fingerprint density at radius 3 is 2.67 bits per heavy atom. The zero-order chi connectivity index (χ0) is 7.40. The van der Waals surface area contributed by atoms with E-state index in [0.29, 0.717) is 13.1 Å². The van der Waals surface area contributed by atoms with Crippen molar-refractivity contribution in [3.8, 4) is 12.3 Å². The molecule has 1 aromatic heterocycles. The normalized spacial score (nSPS) is 7.67. The Bertz CT molecular complexity index is 251. The van der Waals surface area contributed by atoms with Gasteiger partial charge in [0.15, 0.2) is 0 Å². The molecule has 0 aliphatic heterocycles. The summed E-state index contributed by atoms with van der Waals surface area (Å²) in [5, 5.41) is 3.97. The van der Waals surface area contributed by atoms with E-state index in [9.17, 15) is 0 Å². The van der Waals surface area contributed by atoms with Crippen LogP contribution in [0.3, 0.4) is 0 Å².